The Kier molecular flexibility index (Phi) is 5.63. The molecule has 17 heavy (non-hydrogen) atoms. The van der Waals surface area contributed by atoms with Gasteiger partial charge in [-0.1, -0.05) is 38.3 Å². The minimum atomic E-state index is 0.232. The Morgan fingerprint density at radius 1 is 1.29 bits per heavy atom. The number of nitrogens with one attached hydrogen (secondary N) is 1. The third-order valence-electron chi connectivity index (χ3n) is 4.12. The average molecular weight is 239 g/mol. The SMILES string of the molecule is CCN(CC)C1(C(C=C(C)C)NN)CCCC1. The third-order valence-corrected chi connectivity index (χ3v) is 4.12. The Morgan fingerprint density at radius 3 is 2.18 bits per heavy atom. The highest BCUT2D eigenvalue weighted by Gasteiger charge is 2.43. The van der Waals surface area contributed by atoms with Crippen molar-refractivity contribution in [3.05, 3.63) is 11.6 Å². The average Bonchev–Trinajstić information content (AvgIpc) is 2.77. The van der Waals surface area contributed by atoms with Gasteiger partial charge >= 0.3 is 0 Å². The first kappa shape index (κ1) is 14.7. The van der Waals surface area contributed by atoms with Crippen LogP contribution >= 0.6 is 0 Å². The molecule has 0 aliphatic heterocycles. The Morgan fingerprint density at radius 2 is 1.82 bits per heavy atom. The molecule has 0 bridgehead atoms. The molecule has 0 aromatic rings. The highest BCUT2D eigenvalue weighted by molar-refractivity contribution is 5.14. The zero-order valence-corrected chi connectivity index (χ0v) is 11.9. The van der Waals surface area contributed by atoms with Crippen molar-refractivity contribution in [2.24, 2.45) is 5.84 Å². The minimum absolute atomic E-state index is 0.232. The van der Waals surface area contributed by atoms with Gasteiger partial charge in [-0.15, -0.1) is 0 Å². The zero-order valence-electron chi connectivity index (χ0n) is 11.9. The second kappa shape index (κ2) is 6.53. The normalized spacial score (nSPS) is 20.6. The molecule has 1 aliphatic carbocycles. The lowest BCUT2D eigenvalue weighted by atomic mass is 9.85. The van der Waals surface area contributed by atoms with E-state index in [-0.39, 0.29) is 11.6 Å². The summed E-state index contributed by atoms with van der Waals surface area (Å²) in [6, 6.07) is 0.273. The molecule has 0 heterocycles. The van der Waals surface area contributed by atoms with Crippen molar-refractivity contribution in [2.75, 3.05) is 13.1 Å². The first-order valence-electron chi connectivity index (χ1n) is 6.97. The van der Waals surface area contributed by atoms with Crippen LogP contribution in [0.3, 0.4) is 0 Å². The molecule has 0 spiro atoms. The van der Waals surface area contributed by atoms with Gasteiger partial charge in [0.2, 0.25) is 0 Å². The van der Waals surface area contributed by atoms with Crippen molar-refractivity contribution in [3.8, 4) is 0 Å². The smallest absolute Gasteiger partial charge is 0.0577 e. The molecule has 1 aliphatic rings. The van der Waals surface area contributed by atoms with Crippen LogP contribution in [0.25, 0.3) is 0 Å². The fraction of sp³-hybridized carbons (Fsp3) is 0.857. The summed E-state index contributed by atoms with van der Waals surface area (Å²) in [7, 11) is 0. The van der Waals surface area contributed by atoms with Crippen molar-refractivity contribution in [1.82, 2.24) is 10.3 Å². The summed E-state index contributed by atoms with van der Waals surface area (Å²) in [5.41, 5.74) is 4.62. The minimum Gasteiger partial charge on any atom is -0.296 e. The molecule has 1 rings (SSSR count). The predicted octanol–water partition coefficient (Wildman–Crippen LogP) is 2.44. The maximum absolute atomic E-state index is 5.81. The molecule has 0 aromatic heterocycles. The van der Waals surface area contributed by atoms with Gasteiger partial charge in [-0.05, 0) is 39.8 Å². The third kappa shape index (κ3) is 3.09. The molecule has 0 radical (unpaired) electrons. The van der Waals surface area contributed by atoms with Crippen molar-refractivity contribution >= 4 is 0 Å². The van der Waals surface area contributed by atoms with Gasteiger partial charge in [0, 0.05) is 5.54 Å². The molecule has 0 saturated heterocycles. The van der Waals surface area contributed by atoms with Crippen LogP contribution in [0, 0.1) is 0 Å². The number of hydrogen-bond acceptors (Lipinski definition) is 3. The van der Waals surface area contributed by atoms with Gasteiger partial charge in [-0.3, -0.25) is 16.2 Å². The summed E-state index contributed by atoms with van der Waals surface area (Å²) in [6.45, 7) is 11.0. The molecule has 100 valence electrons. The highest BCUT2D eigenvalue weighted by atomic mass is 15.3. The van der Waals surface area contributed by atoms with Crippen molar-refractivity contribution in [2.45, 2.75) is 65.0 Å². The van der Waals surface area contributed by atoms with Crippen molar-refractivity contribution < 1.29 is 0 Å². The van der Waals surface area contributed by atoms with Gasteiger partial charge in [0.25, 0.3) is 0 Å². The summed E-state index contributed by atoms with van der Waals surface area (Å²) in [6.07, 6.45) is 7.46. The Labute approximate surface area is 106 Å². The van der Waals surface area contributed by atoms with Gasteiger partial charge in [-0.2, -0.15) is 0 Å². The standard InChI is InChI=1S/C14H29N3/c1-5-17(6-2)14(9-7-8-10-14)13(16-15)11-12(3)4/h11,13,16H,5-10,15H2,1-4H3. The van der Waals surface area contributed by atoms with Crippen LogP contribution in [0.2, 0.25) is 0 Å². The topological polar surface area (TPSA) is 41.3 Å². The highest BCUT2D eigenvalue weighted by Crippen LogP contribution is 2.38. The maximum atomic E-state index is 5.81. The Bertz CT molecular complexity index is 246. The number of hydrogen-bond donors (Lipinski definition) is 2. The van der Waals surface area contributed by atoms with Crippen LogP contribution < -0.4 is 11.3 Å². The molecular weight excluding hydrogens is 210 g/mol. The van der Waals surface area contributed by atoms with Crippen LogP contribution in [0.5, 0.6) is 0 Å². The summed E-state index contributed by atoms with van der Waals surface area (Å²) in [5, 5.41) is 0. The summed E-state index contributed by atoms with van der Waals surface area (Å²) in [5.74, 6) is 5.81. The lowest BCUT2D eigenvalue weighted by Crippen LogP contribution is -2.60. The van der Waals surface area contributed by atoms with Crippen molar-refractivity contribution in [3.63, 3.8) is 0 Å². The number of nitrogens with zero attached hydrogens (tertiary/aromatic N) is 1. The van der Waals surface area contributed by atoms with E-state index in [2.05, 4.69) is 44.1 Å². The number of nitrogens with two attached hydrogens (primary N) is 1. The zero-order chi connectivity index (χ0) is 12.9. The van der Waals surface area contributed by atoms with Crippen LogP contribution in [-0.4, -0.2) is 29.6 Å². The van der Waals surface area contributed by atoms with E-state index < -0.39 is 0 Å². The van der Waals surface area contributed by atoms with Crippen LogP contribution in [0.15, 0.2) is 11.6 Å². The summed E-state index contributed by atoms with van der Waals surface area (Å²) < 4.78 is 0. The molecule has 0 aromatic carbocycles. The Balaban J connectivity index is 3.00. The molecule has 1 unspecified atom stereocenters. The molecule has 1 atom stereocenters. The van der Waals surface area contributed by atoms with E-state index in [0.717, 1.165) is 13.1 Å². The van der Waals surface area contributed by atoms with Crippen LogP contribution in [0.1, 0.15) is 53.4 Å². The number of likely N-dealkylation sites (N-methyl/N-ethyl adjacent to an activating group) is 1. The van der Waals surface area contributed by atoms with E-state index >= 15 is 0 Å². The van der Waals surface area contributed by atoms with E-state index in [1.807, 2.05) is 0 Å². The second-order valence-corrected chi connectivity index (χ2v) is 5.37. The summed E-state index contributed by atoms with van der Waals surface area (Å²) in [4.78, 5) is 2.59. The van der Waals surface area contributed by atoms with Gasteiger partial charge in [0.15, 0.2) is 0 Å². The van der Waals surface area contributed by atoms with E-state index in [0.29, 0.717) is 0 Å². The maximum Gasteiger partial charge on any atom is 0.0577 e. The van der Waals surface area contributed by atoms with Gasteiger partial charge < -0.3 is 0 Å². The van der Waals surface area contributed by atoms with Crippen LogP contribution in [0.4, 0.5) is 0 Å². The first-order valence-corrected chi connectivity index (χ1v) is 6.97. The molecule has 1 saturated carbocycles. The fourth-order valence-corrected chi connectivity index (χ4v) is 3.36. The van der Waals surface area contributed by atoms with Gasteiger partial charge in [-0.25, -0.2) is 0 Å². The van der Waals surface area contributed by atoms with E-state index in [9.17, 15) is 0 Å². The van der Waals surface area contributed by atoms with E-state index in [1.165, 1.54) is 31.3 Å². The lowest BCUT2D eigenvalue weighted by molar-refractivity contribution is 0.0790. The Hall–Kier alpha value is -0.380. The summed E-state index contributed by atoms with van der Waals surface area (Å²) >= 11 is 0. The molecular formula is C14H29N3. The first-order chi connectivity index (χ1) is 8.10. The number of rotatable bonds is 6. The molecule has 1 fully saturated rings. The fourth-order valence-electron chi connectivity index (χ4n) is 3.36. The van der Waals surface area contributed by atoms with Gasteiger partial charge in [0.1, 0.15) is 0 Å². The monoisotopic (exact) mass is 239 g/mol. The van der Waals surface area contributed by atoms with E-state index in [4.69, 9.17) is 5.84 Å². The molecule has 3 nitrogen and oxygen atoms in total. The lowest BCUT2D eigenvalue weighted by Gasteiger charge is -2.45. The number of allylic oxidation sites excluding steroid dienone is 1. The van der Waals surface area contributed by atoms with E-state index in [1.54, 1.807) is 0 Å². The molecule has 0 amide bonds. The predicted molar refractivity (Wildman–Crippen MR) is 74.7 cm³/mol. The quantitative estimate of drug-likeness (QED) is 0.425. The number of hydrazine groups is 1. The van der Waals surface area contributed by atoms with Crippen molar-refractivity contribution in [1.29, 1.82) is 0 Å². The van der Waals surface area contributed by atoms with Gasteiger partial charge in [0.05, 0.1) is 6.04 Å². The molecule has 3 N–H and O–H groups in total. The molecule has 3 heteroatoms. The second-order valence-electron chi connectivity index (χ2n) is 5.37. The van der Waals surface area contributed by atoms with Crippen LogP contribution in [-0.2, 0) is 0 Å². The largest absolute Gasteiger partial charge is 0.296 e.